The predicted molar refractivity (Wildman–Crippen MR) is 64.8 cm³/mol. The number of carboxylic acids is 1. The SMILES string of the molecule is CC1CCN(C(=O)[C@H]2[C@@H](C(=O)O)C2(C)C)C1CO. The molecule has 5 nitrogen and oxygen atoms in total. The lowest BCUT2D eigenvalue weighted by atomic mass is 10.0. The van der Waals surface area contributed by atoms with Gasteiger partial charge in [0.05, 0.1) is 24.5 Å². The van der Waals surface area contributed by atoms with E-state index in [1.165, 1.54) is 0 Å². The number of aliphatic hydroxyl groups excluding tert-OH is 1. The molecule has 4 atom stereocenters. The summed E-state index contributed by atoms with van der Waals surface area (Å²) in [5.74, 6) is -1.74. The second-order valence-corrected chi connectivity index (χ2v) is 6.16. The molecule has 5 heteroatoms. The number of nitrogens with zero attached hydrogens (tertiary/aromatic N) is 1. The van der Waals surface area contributed by atoms with Crippen LogP contribution in [0.15, 0.2) is 0 Å². The van der Waals surface area contributed by atoms with E-state index in [2.05, 4.69) is 0 Å². The Morgan fingerprint density at radius 3 is 2.39 bits per heavy atom. The highest BCUT2D eigenvalue weighted by Gasteiger charge is 2.67. The van der Waals surface area contributed by atoms with Crippen LogP contribution in [0.2, 0.25) is 0 Å². The number of aliphatic carboxylic acids is 1. The van der Waals surface area contributed by atoms with Gasteiger partial charge in [0.2, 0.25) is 5.91 Å². The van der Waals surface area contributed by atoms with E-state index < -0.39 is 23.2 Å². The van der Waals surface area contributed by atoms with E-state index in [0.29, 0.717) is 6.54 Å². The Morgan fingerprint density at radius 1 is 1.33 bits per heavy atom. The van der Waals surface area contributed by atoms with E-state index >= 15 is 0 Å². The second-order valence-electron chi connectivity index (χ2n) is 6.16. The number of hydrogen-bond donors (Lipinski definition) is 2. The molecule has 18 heavy (non-hydrogen) atoms. The summed E-state index contributed by atoms with van der Waals surface area (Å²) in [6.07, 6.45) is 0.877. The molecule has 2 N–H and O–H groups in total. The third kappa shape index (κ3) is 1.81. The first kappa shape index (κ1) is 13.3. The summed E-state index contributed by atoms with van der Waals surface area (Å²) >= 11 is 0. The molecule has 0 spiro atoms. The highest BCUT2D eigenvalue weighted by molar-refractivity contribution is 5.92. The van der Waals surface area contributed by atoms with E-state index in [1.54, 1.807) is 4.90 Å². The minimum Gasteiger partial charge on any atom is -0.481 e. The van der Waals surface area contributed by atoms with Crippen molar-refractivity contribution in [3.05, 3.63) is 0 Å². The first-order valence-electron chi connectivity index (χ1n) is 6.46. The van der Waals surface area contributed by atoms with Crippen LogP contribution >= 0.6 is 0 Å². The average molecular weight is 255 g/mol. The van der Waals surface area contributed by atoms with Gasteiger partial charge in [0, 0.05) is 6.54 Å². The van der Waals surface area contributed by atoms with Crippen LogP contribution in [-0.4, -0.2) is 46.2 Å². The van der Waals surface area contributed by atoms with Gasteiger partial charge in [0.15, 0.2) is 0 Å². The maximum atomic E-state index is 12.4. The van der Waals surface area contributed by atoms with Gasteiger partial charge in [-0.2, -0.15) is 0 Å². The topological polar surface area (TPSA) is 77.8 Å². The standard InChI is InChI=1S/C13H21NO4/c1-7-4-5-14(8(7)6-15)11(16)9-10(12(17)18)13(9,2)3/h7-10,15H,4-6H2,1-3H3,(H,17,18)/t7?,8?,9-,10+/m1/s1. The molecule has 1 aliphatic heterocycles. The smallest absolute Gasteiger partial charge is 0.307 e. The highest BCUT2D eigenvalue weighted by atomic mass is 16.4. The van der Waals surface area contributed by atoms with Crippen molar-refractivity contribution in [2.45, 2.75) is 33.2 Å². The summed E-state index contributed by atoms with van der Waals surface area (Å²) in [5, 5.41) is 18.5. The fraction of sp³-hybridized carbons (Fsp3) is 0.846. The number of carbonyl (C=O) groups excluding carboxylic acids is 1. The van der Waals surface area contributed by atoms with Gasteiger partial charge in [-0.05, 0) is 17.8 Å². The zero-order valence-corrected chi connectivity index (χ0v) is 11.1. The molecular weight excluding hydrogens is 234 g/mol. The number of carboxylic acid groups (broad SMARTS) is 1. The fourth-order valence-electron chi connectivity index (χ4n) is 3.30. The lowest BCUT2D eigenvalue weighted by molar-refractivity contribution is -0.142. The number of hydrogen-bond acceptors (Lipinski definition) is 3. The molecule has 1 amide bonds. The average Bonchev–Trinajstić information content (AvgIpc) is 2.66. The van der Waals surface area contributed by atoms with E-state index in [4.69, 9.17) is 5.11 Å². The predicted octanol–water partition coefficient (Wildman–Crippen LogP) is 0.572. The van der Waals surface area contributed by atoms with Crippen molar-refractivity contribution in [3.8, 4) is 0 Å². The Morgan fingerprint density at radius 2 is 1.94 bits per heavy atom. The molecule has 1 saturated carbocycles. The molecule has 0 aromatic rings. The van der Waals surface area contributed by atoms with Crippen LogP contribution in [0.3, 0.4) is 0 Å². The Balaban J connectivity index is 2.12. The zero-order valence-electron chi connectivity index (χ0n) is 11.1. The molecule has 2 unspecified atom stereocenters. The maximum absolute atomic E-state index is 12.4. The Hall–Kier alpha value is -1.10. The van der Waals surface area contributed by atoms with Gasteiger partial charge in [0.25, 0.3) is 0 Å². The Labute approximate surface area is 107 Å². The largest absolute Gasteiger partial charge is 0.481 e. The summed E-state index contributed by atoms with van der Waals surface area (Å²) in [5.41, 5.74) is -0.464. The first-order chi connectivity index (χ1) is 8.32. The van der Waals surface area contributed by atoms with Crippen LogP contribution in [0.4, 0.5) is 0 Å². The highest BCUT2D eigenvalue weighted by Crippen LogP contribution is 2.59. The van der Waals surface area contributed by atoms with Crippen LogP contribution in [-0.2, 0) is 9.59 Å². The van der Waals surface area contributed by atoms with Crippen molar-refractivity contribution in [3.63, 3.8) is 0 Å². The van der Waals surface area contributed by atoms with Gasteiger partial charge in [-0.25, -0.2) is 0 Å². The van der Waals surface area contributed by atoms with Gasteiger partial charge < -0.3 is 15.1 Å². The van der Waals surface area contributed by atoms with Gasteiger partial charge in [-0.3, -0.25) is 9.59 Å². The van der Waals surface area contributed by atoms with E-state index in [-0.39, 0.29) is 24.5 Å². The van der Waals surface area contributed by atoms with Gasteiger partial charge in [-0.15, -0.1) is 0 Å². The molecule has 1 heterocycles. The summed E-state index contributed by atoms with van der Waals surface area (Å²) < 4.78 is 0. The summed E-state index contributed by atoms with van der Waals surface area (Å²) in [7, 11) is 0. The van der Waals surface area contributed by atoms with Crippen molar-refractivity contribution in [2.75, 3.05) is 13.2 Å². The Kier molecular flexibility index (Phi) is 3.13. The van der Waals surface area contributed by atoms with Crippen LogP contribution < -0.4 is 0 Å². The molecule has 0 aromatic heterocycles. The van der Waals surface area contributed by atoms with Crippen molar-refractivity contribution in [1.82, 2.24) is 4.90 Å². The van der Waals surface area contributed by atoms with E-state index in [0.717, 1.165) is 6.42 Å². The quantitative estimate of drug-likeness (QED) is 0.773. The number of aliphatic hydroxyl groups is 1. The molecule has 0 radical (unpaired) electrons. The van der Waals surface area contributed by atoms with Crippen molar-refractivity contribution >= 4 is 11.9 Å². The van der Waals surface area contributed by atoms with Gasteiger partial charge in [-0.1, -0.05) is 20.8 Å². The molecule has 2 aliphatic rings. The molecule has 1 saturated heterocycles. The zero-order chi connectivity index (χ0) is 13.7. The van der Waals surface area contributed by atoms with E-state index in [1.807, 2.05) is 20.8 Å². The minimum atomic E-state index is -0.897. The molecule has 0 bridgehead atoms. The molecular formula is C13H21NO4. The van der Waals surface area contributed by atoms with Crippen LogP contribution in [0.1, 0.15) is 27.2 Å². The second kappa shape index (κ2) is 4.23. The van der Waals surface area contributed by atoms with Gasteiger partial charge >= 0.3 is 5.97 Å². The number of rotatable bonds is 3. The third-order valence-electron chi connectivity index (χ3n) is 4.71. The van der Waals surface area contributed by atoms with Crippen molar-refractivity contribution < 1.29 is 19.8 Å². The third-order valence-corrected chi connectivity index (χ3v) is 4.71. The molecule has 1 aliphatic carbocycles. The van der Waals surface area contributed by atoms with Crippen molar-refractivity contribution in [2.24, 2.45) is 23.2 Å². The lowest BCUT2D eigenvalue weighted by Crippen LogP contribution is -2.41. The molecule has 0 aromatic carbocycles. The van der Waals surface area contributed by atoms with Crippen LogP contribution in [0, 0.1) is 23.2 Å². The number of likely N-dealkylation sites (tertiary alicyclic amines) is 1. The number of carbonyl (C=O) groups is 2. The van der Waals surface area contributed by atoms with E-state index in [9.17, 15) is 14.7 Å². The Bertz CT molecular complexity index is 379. The van der Waals surface area contributed by atoms with Crippen LogP contribution in [0.5, 0.6) is 0 Å². The normalized spacial score (nSPS) is 37.7. The number of amides is 1. The van der Waals surface area contributed by atoms with Crippen LogP contribution in [0.25, 0.3) is 0 Å². The molecule has 2 rings (SSSR count). The monoisotopic (exact) mass is 255 g/mol. The molecule has 2 fully saturated rings. The van der Waals surface area contributed by atoms with Crippen molar-refractivity contribution in [1.29, 1.82) is 0 Å². The summed E-state index contributed by atoms with van der Waals surface area (Å²) in [6, 6.07) is -0.150. The van der Waals surface area contributed by atoms with Gasteiger partial charge in [0.1, 0.15) is 0 Å². The fourth-order valence-corrected chi connectivity index (χ4v) is 3.30. The first-order valence-corrected chi connectivity index (χ1v) is 6.46. The summed E-state index contributed by atoms with van der Waals surface area (Å²) in [6.45, 7) is 6.24. The maximum Gasteiger partial charge on any atom is 0.307 e. The molecule has 102 valence electrons. The summed E-state index contributed by atoms with van der Waals surface area (Å²) in [4.78, 5) is 25.2. The minimum absolute atomic E-state index is 0.0439. The lowest BCUT2D eigenvalue weighted by Gasteiger charge is -2.25.